The Kier molecular flexibility index (Phi) is 11.2. The van der Waals surface area contributed by atoms with Gasteiger partial charge in [0, 0.05) is 24.6 Å². The molecule has 0 unspecified atom stereocenters. The Hall–Kier alpha value is -3.92. The standard InChI is InChI=1S/C33H40FN3O5S/c1-3-42-29-20-18-28(19-21-29)37(43(2,40)41)24-32(38)36(23-26-14-10-11-17-30(26)34)31(22-25-12-6-4-7-13-25)33(39)35-27-15-8-5-9-16-27/h4,6-7,10-14,17-21,27,31H,3,5,8-9,15-16,22-24H2,1-2H3,(H,35,39)/t31-/m0/s1. The summed E-state index contributed by atoms with van der Waals surface area (Å²) in [7, 11) is -3.91. The molecule has 230 valence electrons. The minimum Gasteiger partial charge on any atom is -0.494 e. The monoisotopic (exact) mass is 609 g/mol. The Labute approximate surface area is 253 Å². The van der Waals surface area contributed by atoms with Gasteiger partial charge in [0.25, 0.3) is 0 Å². The molecule has 1 saturated carbocycles. The van der Waals surface area contributed by atoms with Crippen molar-refractivity contribution in [3.05, 3.63) is 95.8 Å². The first-order valence-corrected chi connectivity index (χ1v) is 16.6. The lowest BCUT2D eigenvalue weighted by Crippen LogP contribution is -2.55. The molecule has 0 aliphatic heterocycles. The fourth-order valence-electron chi connectivity index (χ4n) is 5.40. The van der Waals surface area contributed by atoms with Crippen molar-refractivity contribution >= 4 is 27.5 Å². The summed E-state index contributed by atoms with van der Waals surface area (Å²) in [6.45, 7) is 1.52. The van der Waals surface area contributed by atoms with E-state index in [1.165, 1.54) is 11.0 Å². The Balaban J connectivity index is 1.71. The number of ether oxygens (including phenoxy) is 1. The van der Waals surface area contributed by atoms with Gasteiger partial charge >= 0.3 is 0 Å². The maximum atomic E-state index is 14.9. The molecular formula is C33H40FN3O5S. The Morgan fingerprint density at radius 2 is 1.60 bits per heavy atom. The van der Waals surface area contributed by atoms with Crippen molar-refractivity contribution in [1.29, 1.82) is 0 Å². The first-order chi connectivity index (χ1) is 20.7. The lowest BCUT2D eigenvalue weighted by atomic mass is 9.94. The molecule has 3 aromatic carbocycles. The highest BCUT2D eigenvalue weighted by molar-refractivity contribution is 7.92. The number of nitrogens with one attached hydrogen (secondary N) is 1. The molecule has 2 amide bonds. The van der Waals surface area contributed by atoms with Gasteiger partial charge in [-0.05, 0) is 55.7 Å². The third-order valence-electron chi connectivity index (χ3n) is 7.64. The van der Waals surface area contributed by atoms with E-state index < -0.39 is 34.3 Å². The van der Waals surface area contributed by atoms with Crippen LogP contribution >= 0.6 is 0 Å². The van der Waals surface area contributed by atoms with E-state index in [9.17, 15) is 22.4 Å². The van der Waals surface area contributed by atoms with Crippen LogP contribution < -0.4 is 14.4 Å². The SMILES string of the molecule is CCOc1ccc(N(CC(=O)N(Cc2ccccc2F)[C@@H](Cc2ccccc2)C(=O)NC2CCCCC2)S(C)(=O)=O)cc1. The van der Waals surface area contributed by atoms with Crippen molar-refractivity contribution in [2.24, 2.45) is 0 Å². The van der Waals surface area contributed by atoms with Gasteiger partial charge in [0.15, 0.2) is 0 Å². The minimum absolute atomic E-state index is 0.0127. The summed E-state index contributed by atoms with van der Waals surface area (Å²) in [4.78, 5) is 29.4. The van der Waals surface area contributed by atoms with Crippen LogP contribution in [0, 0.1) is 5.82 Å². The van der Waals surface area contributed by atoms with Crippen LogP contribution in [0.2, 0.25) is 0 Å². The molecule has 1 N–H and O–H groups in total. The number of halogens is 1. The summed E-state index contributed by atoms with van der Waals surface area (Å²) in [5.41, 5.74) is 1.33. The molecule has 3 aromatic rings. The molecule has 1 atom stereocenters. The Bertz CT molecular complexity index is 1460. The molecule has 8 nitrogen and oxygen atoms in total. The summed E-state index contributed by atoms with van der Waals surface area (Å²) in [5.74, 6) is -0.915. The molecule has 43 heavy (non-hydrogen) atoms. The molecule has 0 spiro atoms. The molecule has 0 radical (unpaired) electrons. The largest absolute Gasteiger partial charge is 0.494 e. The van der Waals surface area contributed by atoms with Gasteiger partial charge < -0.3 is 15.0 Å². The Morgan fingerprint density at radius 1 is 0.953 bits per heavy atom. The smallest absolute Gasteiger partial charge is 0.244 e. The zero-order chi connectivity index (χ0) is 30.8. The maximum absolute atomic E-state index is 14.9. The van der Waals surface area contributed by atoms with E-state index in [-0.39, 0.29) is 36.2 Å². The summed E-state index contributed by atoms with van der Waals surface area (Å²) in [6.07, 6.45) is 6.05. The lowest BCUT2D eigenvalue weighted by molar-refractivity contribution is -0.140. The van der Waals surface area contributed by atoms with Crippen LogP contribution in [0.4, 0.5) is 10.1 Å². The fraction of sp³-hybridized carbons (Fsp3) is 0.394. The predicted octanol–water partition coefficient (Wildman–Crippen LogP) is 5.08. The van der Waals surface area contributed by atoms with Crippen molar-refractivity contribution in [3.8, 4) is 5.75 Å². The van der Waals surface area contributed by atoms with E-state index in [2.05, 4.69) is 5.32 Å². The molecule has 0 aromatic heterocycles. The highest BCUT2D eigenvalue weighted by atomic mass is 32.2. The van der Waals surface area contributed by atoms with Crippen molar-refractivity contribution in [1.82, 2.24) is 10.2 Å². The van der Waals surface area contributed by atoms with Crippen LogP contribution in [0.25, 0.3) is 0 Å². The number of amides is 2. The van der Waals surface area contributed by atoms with E-state index in [4.69, 9.17) is 4.74 Å². The second-order valence-electron chi connectivity index (χ2n) is 10.9. The van der Waals surface area contributed by atoms with Gasteiger partial charge in [0.2, 0.25) is 21.8 Å². The van der Waals surface area contributed by atoms with Crippen LogP contribution in [0.3, 0.4) is 0 Å². The number of carbonyl (C=O) groups is 2. The van der Waals surface area contributed by atoms with Crippen LogP contribution in [0.5, 0.6) is 5.75 Å². The highest BCUT2D eigenvalue weighted by Gasteiger charge is 2.34. The number of nitrogens with zero attached hydrogens (tertiary/aromatic N) is 2. The molecule has 1 aliphatic carbocycles. The van der Waals surface area contributed by atoms with Crippen LogP contribution in [0.15, 0.2) is 78.9 Å². The fourth-order valence-corrected chi connectivity index (χ4v) is 6.25. The average molecular weight is 610 g/mol. The normalized spacial score (nSPS) is 14.5. The average Bonchev–Trinajstić information content (AvgIpc) is 2.99. The number of rotatable bonds is 13. The number of hydrogen-bond acceptors (Lipinski definition) is 5. The van der Waals surface area contributed by atoms with Crippen molar-refractivity contribution in [2.45, 2.75) is 64.1 Å². The van der Waals surface area contributed by atoms with Gasteiger partial charge in [-0.3, -0.25) is 13.9 Å². The maximum Gasteiger partial charge on any atom is 0.244 e. The molecule has 4 rings (SSSR count). The summed E-state index contributed by atoms with van der Waals surface area (Å²) in [5, 5.41) is 3.14. The van der Waals surface area contributed by atoms with E-state index in [1.54, 1.807) is 42.5 Å². The van der Waals surface area contributed by atoms with Gasteiger partial charge in [0.05, 0.1) is 18.6 Å². The van der Waals surface area contributed by atoms with Crippen molar-refractivity contribution in [3.63, 3.8) is 0 Å². The topological polar surface area (TPSA) is 96.0 Å². The van der Waals surface area contributed by atoms with E-state index in [0.29, 0.717) is 12.4 Å². The number of benzene rings is 3. The van der Waals surface area contributed by atoms with Gasteiger partial charge in [0.1, 0.15) is 24.2 Å². The zero-order valence-electron chi connectivity index (χ0n) is 24.7. The summed E-state index contributed by atoms with van der Waals surface area (Å²) in [6, 6.07) is 20.8. The summed E-state index contributed by atoms with van der Waals surface area (Å²) >= 11 is 0. The van der Waals surface area contributed by atoms with Gasteiger partial charge in [-0.15, -0.1) is 0 Å². The number of anilines is 1. The minimum atomic E-state index is -3.91. The first kappa shape index (κ1) is 32.0. The van der Waals surface area contributed by atoms with Gasteiger partial charge in [-0.2, -0.15) is 0 Å². The number of sulfonamides is 1. The predicted molar refractivity (Wildman–Crippen MR) is 166 cm³/mol. The molecule has 1 aliphatic rings. The zero-order valence-corrected chi connectivity index (χ0v) is 25.6. The third-order valence-corrected chi connectivity index (χ3v) is 8.78. The second-order valence-corrected chi connectivity index (χ2v) is 12.8. The summed E-state index contributed by atoms with van der Waals surface area (Å²) < 4.78 is 47.3. The Morgan fingerprint density at radius 3 is 2.23 bits per heavy atom. The lowest BCUT2D eigenvalue weighted by Gasteiger charge is -2.35. The first-order valence-electron chi connectivity index (χ1n) is 14.7. The highest BCUT2D eigenvalue weighted by Crippen LogP contribution is 2.24. The van der Waals surface area contributed by atoms with Crippen LogP contribution in [-0.2, 0) is 32.6 Å². The molecule has 1 fully saturated rings. The quantitative estimate of drug-likeness (QED) is 0.292. The molecule has 10 heteroatoms. The molecule has 0 bridgehead atoms. The third kappa shape index (κ3) is 9.03. The molecule has 0 heterocycles. The van der Waals surface area contributed by atoms with Crippen molar-refractivity contribution < 1.29 is 27.1 Å². The van der Waals surface area contributed by atoms with Crippen LogP contribution in [-0.4, -0.2) is 56.6 Å². The van der Waals surface area contributed by atoms with E-state index in [1.807, 2.05) is 37.3 Å². The number of carbonyl (C=O) groups excluding carboxylic acids is 2. The van der Waals surface area contributed by atoms with Crippen LogP contribution in [0.1, 0.15) is 50.2 Å². The molecule has 0 saturated heterocycles. The van der Waals surface area contributed by atoms with Gasteiger partial charge in [-0.1, -0.05) is 67.8 Å². The van der Waals surface area contributed by atoms with E-state index in [0.717, 1.165) is 48.2 Å². The second kappa shape index (κ2) is 15.0. The molecular weight excluding hydrogens is 569 g/mol. The van der Waals surface area contributed by atoms with E-state index >= 15 is 0 Å². The van der Waals surface area contributed by atoms with Gasteiger partial charge in [-0.25, -0.2) is 12.8 Å². The van der Waals surface area contributed by atoms with Crippen molar-refractivity contribution in [2.75, 3.05) is 23.7 Å². The number of hydrogen-bond donors (Lipinski definition) is 1.